The highest BCUT2D eigenvalue weighted by atomic mass is 16.1. The number of carbonyl (C=O) groups is 1. The van der Waals surface area contributed by atoms with Crippen molar-refractivity contribution < 1.29 is 4.79 Å². The van der Waals surface area contributed by atoms with Crippen molar-refractivity contribution in [3.8, 4) is 0 Å². The molecule has 0 saturated carbocycles. The second kappa shape index (κ2) is 8.32. The maximum Gasteiger partial charge on any atom is 0.212 e. The summed E-state index contributed by atoms with van der Waals surface area (Å²) in [5.41, 5.74) is 8.37. The van der Waals surface area contributed by atoms with E-state index < -0.39 is 0 Å². The topological polar surface area (TPSA) is 60.8 Å². The van der Waals surface area contributed by atoms with Crippen LogP contribution in [0.25, 0.3) is 0 Å². The highest BCUT2D eigenvalue weighted by Crippen LogP contribution is 2.39. The van der Waals surface area contributed by atoms with Crippen LogP contribution in [0.4, 0.5) is 5.69 Å². The van der Waals surface area contributed by atoms with Crippen LogP contribution in [0.3, 0.4) is 0 Å². The van der Waals surface area contributed by atoms with Crippen molar-refractivity contribution in [2.45, 2.75) is 18.9 Å². The number of carbonyl (C=O) groups excluding carboxylic acids is 1. The molecule has 3 aromatic rings. The van der Waals surface area contributed by atoms with Gasteiger partial charge in [-0.05, 0) is 41.9 Å². The van der Waals surface area contributed by atoms with Gasteiger partial charge in [-0.15, -0.1) is 0 Å². The second-order valence-electron chi connectivity index (χ2n) is 8.09. The molecule has 156 valence electrons. The smallest absolute Gasteiger partial charge is 0.212 e. The second-order valence-corrected chi connectivity index (χ2v) is 8.09. The van der Waals surface area contributed by atoms with Gasteiger partial charge in [-0.3, -0.25) is 15.2 Å². The van der Waals surface area contributed by atoms with Crippen molar-refractivity contribution in [3.05, 3.63) is 95.3 Å². The number of fused-ring (bicyclic) bond motifs is 3. The number of anilines is 1. The highest BCUT2D eigenvalue weighted by molar-refractivity contribution is 6.48. The molecule has 5 rings (SSSR count). The summed E-state index contributed by atoms with van der Waals surface area (Å²) in [5.74, 6) is 0.230. The predicted octanol–water partition coefficient (Wildman–Crippen LogP) is 3.15. The van der Waals surface area contributed by atoms with Gasteiger partial charge in [-0.1, -0.05) is 48.5 Å². The first kappa shape index (κ1) is 19.5. The largest absolute Gasteiger partial charge is 0.302 e. The van der Waals surface area contributed by atoms with Crippen molar-refractivity contribution >= 4 is 17.3 Å². The predicted molar refractivity (Wildman–Crippen MR) is 122 cm³/mol. The van der Waals surface area contributed by atoms with Crippen molar-refractivity contribution in [2.75, 3.05) is 25.2 Å². The summed E-state index contributed by atoms with van der Waals surface area (Å²) in [6, 6.07) is 22.6. The van der Waals surface area contributed by atoms with Crippen LogP contribution < -0.4 is 10.3 Å². The monoisotopic (exact) mass is 411 g/mol. The van der Waals surface area contributed by atoms with Crippen LogP contribution in [0, 0.1) is 0 Å². The number of hydrazone groups is 1. The van der Waals surface area contributed by atoms with Crippen LogP contribution in [-0.2, 0) is 17.8 Å². The Morgan fingerprint density at radius 1 is 1.06 bits per heavy atom. The number of nitrogens with one attached hydrogen (secondary N) is 1. The van der Waals surface area contributed by atoms with E-state index in [0.717, 1.165) is 42.0 Å². The number of hydrogen-bond acceptors (Lipinski definition) is 6. The fourth-order valence-electron chi connectivity index (χ4n) is 4.34. The van der Waals surface area contributed by atoms with Gasteiger partial charge in [-0.25, -0.2) is 0 Å². The molecule has 0 spiro atoms. The Hall–Kier alpha value is -3.51. The number of nitrogens with zero attached hydrogens (tertiary/aromatic N) is 4. The molecule has 1 N–H and O–H groups in total. The lowest BCUT2D eigenvalue weighted by molar-refractivity contribution is -0.113. The van der Waals surface area contributed by atoms with E-state index in [2.05, 4.69) is 63.9 Å². The van der Waals surface area contributed by atoms with E-state index in [9.17, 15) is 4.79 Å². The van der Waals surface area contributed by atoms with Gasteiger partial charge in [0.05, 0.1) is 5.92 Å². The molecule has 0 aliphatic carbocycles. The molecule has 2 aliphatic rings. The van der Waals surface area contributed by atoms with Gasteiger partial charge in [0, 0.05) is 37.1 Å². The van der Waals surface area contributed by atoms with Gasteiger partial charge >= 0.3 is 0 Å². The number of likely N-dealkylation sites (N-methyl/N-ethyl adjacent to an activating group) is 1. The standard InChI is InChI=1S/C25H25N5O/c1-29(15-13-20-6-4-5-14-26-20)16-18-9-11-19(12-10-18)23-21-7-2-3-8-22(21)30-17-27-28-25(30)24(23)31/h2-12,14,23,27H,13,15-17H2,1H3. The summed E-state index contributed by atoms with van der Waals surface area (Å²) in [6.45, 7) is 2.33. The Morgan fingerprint density at radius 2 is 1.87 bits per heavy atom. The van der Waals surface area contributed by atoms with E-state index in [-0.39, 0.29) is 11.7 Å². The van der Waals surface area contributed by atoms with E-state index in [1.165, 1.54) is 5.56 Å². The number of para-hydroxylation sites is 1. The first-order valence-corrected chi connectivity index (χ1v) is 10.6. The summed E-state index contributed by atoms with van der Waals surface area (Å²) in [7, 11) is 2.12. The fourth-order valence-corrected chi connectivity index (χ4v) is 4.34. The SMILES string of the molecule is CN(CCc1ccccn1)Cc1ccc(C2C(=O)C3=NNCN3c3ccccc32)cc1. The van der Waals surface area contributed by atoms with Gasteiger partial charge in [0.2, 0.25) is 5.78 Å². The molecule has 1 atom stereocenters. The number of Topliss-reactive ketones (excluding diaryl/α,β-unsaturated/α-hetero) is 1. The highest BCUT2D eigenvalue weighted by Gasteiger charge is 2.40. The number of amidine groups is 1. The van der Waals surface area contributed by atoms with Crippen molar-refractivity contribution in [3.63, 3.8) is 0 Å². The van der Waals surface area contributed by atoms with Crippen LogP contribution >= 0.6 is 0 Å². The maximum absolute atomic E-state index is 13.2. The molecular formula is C25H25N5O. The third-order valence-corrected chi connectivity index (χ3v) is 5.93. The third kappa shape index (κ3) is 3.82. The van der Waals surface area contributed by atoms with Gasteiger partial charge < -0.3 is 9.80 Å². The summed E-state index contributed by atoms with van der Waals surface area (Å²) in [6.07, 6.45) is 2.76. The average Bonchev–Trinajstić information content (AvgIpc) is 3.30. The van der Waals surface area contributed by atoms with E-state index in [1.54, 1.807) is 0 Å². The molecule has 0 bridgehead atoms. The first-order chi connectivity index (χ1) is 15.2. The van der Waals surface area contributed by atoms with Gasteiger partial charge in [0.25, 0.3) is 0 Å². The lowest BCUT2D eigenvalue weighted by atomic mass is 9.82. The Balaban J connectivity index is 1.32. The molecule has 6 nitrogen and oxygen atoms in total. The molecule has 2 aliphatic heterocycles. The molecule has 1 aromatic heterocycles. The molecule has 0 saturated heterocycles. The van der Waals surface area contributed by atoms with Crippen molar-refractivity contribution in [2.24, 2.45) is 5.10 Å². The number of benzene rings is 2. The summed E-state index contributed by atoms with van der Waals surface area (Å²) in [5, 5.41) is 4.25. The lowest BCUT2D eigenvalue weighted by Crippen LogP contribution is -2.42. The molecule has 3 heterocycles. The minimum atomic E-state index is -0.318. The van der Waals surface area contributed by atoms with Crippen molar-refractivity contribution in [1.29, 1.82) is 0 Å². The first-order valence-electron chi connectivity index (χ1n) is 10.6. The van der Waals surface area contributed by atoms with Crippen LogP contribution in [-0.4, -0.2) is 41.8 Å². The van der Waals surface area contributed by atoms with Crippen molar-refractivity contribution in [1.82, 2.24) is 15.3 Å². The van der Waals surface area contributed by atoms with Gasteiger partial charge in [-0.2, -0.15) is 5.10 Å². The summed E-state index contributed by atoms with van der Waals surface area (Å²) >= 11 is 0. The van der Waals surface area contributed by atoms with Gasteiger partial charge in [0.1, 0.15) is 6.67 Å². The number of pyridine rings is 1. The molecule has 0 radical (unpaired) electrons. The van der Waals surface area contributed by atoms with Crippen LogP contribution in [0.2, 0.25) is 0 Å². The minimum absolute atomic E-state index is 0.0453. The quantitative estimate of drug-likeness (QED) is 0.675. The molecule has 1 unspecified atom stereocenters. The Morgan fingerprint density at radius 3 is 2.68 bits per heavy atom. The van der Waals surface area contributed by atoms with E-state index in [4.69, 9.17) is 0 Å². The lowest BCUT2D eigenvalue weighted by Gasteiger charge is -2.31. The minimum Gasteiger partial charge on any atom is -0.302 e. The number of ketones is 1. The molecule has 0 fully saturated rings. The Labute approximate surface area is 182 Å². The maximum atomic E-state index is 13.2. The normalized spacial score (nSPS) is 17.2. The van der Waals surface area contributed by atoms with Crippen LogP contribution in [0.1, 0.15) is 28.3 Å². The molecule has 31 heavy (non-hydrogen) atoms. The molecule has 6 heteroatoms. The Kier molecular flexibility index (Phi) is 5.22. The molecular weight excluding hydrogens is 386 g/mol. The van der Waals surface area contributed by atoms with E-state index >= 15 is 0 Å². The fraction of sp³-hybridized carbons (Fsp3) is 0.240. The summed E-state index contributed by atoms with van der Waals surface area (Å²) in [4.78, 5) is 21.9. The van der Waals surface area contributed by atoms with E-state index in [1.807, 2.05) is 41.4 Å². The summed E-state index contributed by atoms with van der Waals surface area (Å²) < 4.78 is 0. The van der Waals surface area contributed by atoms with Crippen LogP contribution in [0.15, 0.2) is 78.0 Å². The van der Waals surface area contributed by atoms with E-state index in [0.29, 0.717) is 12.5 Å². The van der Waals surface area contributed by atoms with Crippen LogP contribution in [0.5, 0.6) is 0 Å². The number of hydrogen-bond donors (Lipinski definition) is 1. The zero-order valence-electron chi connectivity index (χ0n) is 17.5. The average molecular weight is 412 g/mol. The molecule has 2 aromatic carbocycles. The zero-order chi connectivity index (χ0) is 21.2. The number of aromatic nitrogens is 1. The zero-order valence-corrected chi connectivity index (χ0v) is 17.5. The number of rotatable bonds is 6. The third-order valence-electron chi connectivity index (χ3n) is 5.93. The molecule has 0 amide bonds. The van der Waals surface area contributed by atoms with Gasteiger partial charge in [0.15, 0.2) is 5.84 Å². The Bertz CT molecular complexity index is 1110.